The number of H-pyrrole nitrogens is 1. The van der Waals surface area contributed by atoms with E-state index in [9.17, 15) is 28.6 Å². The minimum atomic E-state index is -4.60. The van der Waals surface area contributed by atoms with Gasteiger partial charge in [0.1, 0.15) is 11.4 Å². The van der Waals surface area contributed by atoms with Gasteiger partial charge in [-0.3, -0.25) is 14.3 Å². The summed E-state index contributed by atoms with van der Waals surface area (Å²) in [7, 11) is -4.60. The fourth-order valence-corrected chi connectivity index (χ4v) is 7.54. The molecular formula is C29H28N6O6S. The highest BCUT2D eigenvalue weighted by molar-refractivity contribution is 7.89. The Bertz CT molecular complexity index is 1760. The number of aliphatic hydroxyl groups is 1. The molecule has 0 amide bonds. The van der Waals surface area contributed by atoms with Gasteiger partial charge < -0.3 is 9.84 Å². The molecule has 4 N–H and O–H groups in total. The summed E-state index contributed by atoms with van der Waals surface area (Å²) in [6, 6.07) is 26.7. The van der Waals surface area contributed by atoms with Crippen LogP contribution in [-0.4, -0.2) is 41.0 Å². The fourth-order valence-electron chi connectivity index (χ4n) is 6.21. The number of hydrogen-bond donors (Lipinski definition) is 3. The Labute approximate surface area is 240 Å². The number of aliphatic hydroxyl groups excluding tert-OH is 1. The van der Waals surface area contributed by atoms with Crippen LogP contribution in [0.1, 0.15) is 22.3 Å². The highest BCUT2D eigenvalue weighted by Crippen LogP contribution is 2.58. The van der Waals surface area contributed by atoms with E-state index in [0.717, 1.165) is 10.8 Å². The van der Waals surface area contributed by atoms with Crippen molar-refractivity contribution in [3.05, 3.63) is 151 Å². The molecule has 0 radical (unpaired) electrons. The van der Waals surface area contributed by atoms with Crippen molar-refractivity contribution in [2.45, 2.75) is 29.5 Å². The molecule has 0 aliphatic carbocycles. The van der Waals surface area contributed by atoms with Crippen LogP contribution in [-0.2, 0) is 26.0 Å². The molecule has 4 aromatic rings. The average molecular weight is 589 g/mol. The van der Waals surface area contributed by atoms with E-state index in [1.165, 1.54) is 6.92 Å². The number of nitrogens with zero attached hydrogens (tertiary/aromatic N) is 4. The first-order valence-electron chi connectivity index (χ1n) is 13.0. The molecule has 4 atom stereocenters. The van der Waals surface area contributed by atoms with Crippen molar-refractivity contribution in [2.75, 3.05) is 6.61 Å². The van der Waals surface area contributed by atoms with Crippen molar-refractivity contribution in [3.63, 3.8) is 0 Å². The average Bonchev–Trinajstić information content (AvgIpc) is 3.33. The predicted octanol–water partition coefficient (Wildman–Crippen LogP) is 2.46. The lowest BCUT2D eigenvalue weighted by atomic mass is 9.59. The number of rotatable bonds is 8. The number of primary sulfonamides is 1. The Morgan fingerprint density at radius 3 is 1.88 bits per heavy atom. The van der Waals surface area contributed by atoms with Crippen LogP contribution in [0.3, 0.4) is 0 Å². The van der Waals surface area contributed by atoms with Crippen molar-refractivity contribution in [1.82, 2.24) is 9.55 Å². The first-order chi connectivity index (χ1) is 20.1. The zero-order chi connectivity index (χ0) is 30.1. The Morgan fingerprint density at radius 2 is 1.48 bits per heavy atom. The van der Waals surface area contributed by atoms with E-state index >= 15 is 0 Å². The van der Waals surface area contributed by atoms with Crippen LogP contribution in [0.2, 0.25) is 0 Å². The number of azide groups is 1. The first-order valence-corrected chi connectivity index (χ1v) is 14.6. The van der Waals surface area contributed by atoms with E-state index in [4.69, 9.17) is 9.88 Å². The van der Waals surface area contributed by atoms with Gasteiger partial charge in [0, 0.05) is 16.7 Å². The predicted molar refractivity (Wildman–Crippen MR) is 155 cm³/mol. The van der Waals surface area contributed by atoms with E-state index in [1.54, 1.807) is 91.0 Å². The van der Waals surface area contributed by atoms with Gasteiger partial charge in [-0.25, -0.2) is 18.4 Å². The van der Waals surface area contributed by atoms with Crippen LogP contribution < -0.4 is 16.4 Å². The zero-order valence-corrected chi connectivity index (χ0v) is 23.3. The van der Waals surface area contributed by atoms with Crippen LogP contribution in [0.25, 0.3) is 10.4 Å². The Kier molecular flexibility index (Phi) is 7.62. The summed E-state index contributed by atoms with van der Waals surface area (Å²) in [6.07, 6.45) is -0.390. The van der Waals surface area contributed by atoms with Gasteiger partial charge in [0.05, 0.1) is 17.9 Å². The standard InChI is InChI=1S/C29H28N6O6S/c1-19-17-35(27(38)32-26(19)37)29(33-34-30)25(24(42(31,39)40)23(18-36)41-29)28(20-11-5-2-6-12-20,21-13-7-3-8-14-21)22-15-9-4-10-16-22/h2-17,23-25,36H,18H2,1H3,(H2,31,39,40)(H,32,37,38)/t23-,24-,25?,29+/m1/s1. The molecule has 3 aromatic carbocycles. The molecule has 5 rings (SSSR count). The Morgan fingerprint density at radius 1 is 1.00 bits per heavy atom. The van der Waals surface area contributed by atoms with Crippen LogP contribution in [0, 0.1) is 12.8 Å². The second kappa shape index (κ2) is 11.0. The molecule has 216 valence electrons. The van der Waals surface area contributed by atoms with Crippen molar-refractivity contribution in [2.24, 2.45) is 16.2 Å². The molecule has 0 bridgehead atoms. The number of aromatic amines is 1. The minimum Gasteiger partial charge on any atom is -0.394 e. The van der Waals surface area contributed by atoms with Crippen molar-refractivity contribution in [1.29, 1.82) is 0 Å². The number of benzene rings is 3. The van der Waals surface area contributed by atoms with Gasteiger partial charge in [0.2, 0.25) is 15.9 Å². The number of hydrogen-bond acceptors (Lipinski definition) is 7. The summed E-state index contributed by atoms with van der Waals surface area (Å²) in [5, 5.41) is 18.7. The van der Waals surface area contributed by atoms with E-state index in [-0.39, 0.29) is 5.56 Å². The molecular weight excluding hydrogens is 560 g/mol. The van der Waals surface area contributed by atoms with Crippen LogP contribution in [0.5, 0.6) is 0 Å². The largest absolute Gasteiger partial charge is 0.394 e. The molecule has 1 aliphatic rings. The number of nitrogens with one attached hydrogen (secondary N) is 1. The molecule has 1 saturated heterocycles. The van der Waals surface area contributed by atoms with Gasteiger partial charge in [0.25, 0.3) is 5.56 Å². The maximum atomic E-state index is 13.6. The lowest BCUT2D eigenvalue weighted by Gasteiger charge is -2.47. The summed E-state index contributed by atoms with van der Waals surface area (Å²) in [5.41, 5.74) is 8.49. The van der Waals surface area contributed by atoms with E-state index in [2.05, 4.69) is 15.0 Å². The highest BCUT2D eigenvalue weighted by atomic mass is 32.2. The Balaban J connectivity index is 2.08. The molecule has 0 saturated carbocycles. The van der Waals surface area contributed by atoms with Crippen molar-refractivity contribution in [3.8, 4) is 0 Å². The SMILES string of the molecule is Cc1cn([C@]2(N=[N+]=[N-])O[C@H](CO)[C@@H](S(N)(=O)=O)C2C(c2ccccc2)(c2ccccc2)c2ccccc2)c(=O)[nH]c1=O. The summed E-state index contributed by atoms with van der Waals surface area (Å²) >= 11 is 0. The van der Waals surface area contributed by atoms with Crippen LogP contribution in [0.4, 0.5) is 0 Å². The third kappa shape index (κ3) is 4.53. The third-order valence-corrected chi connectivity index (χ3v) is 9.13. The topological polar surface area (TPSA) is 193 Å². The number of ether oxygens (including phenoxy) is 1. The fraction of sp³-hybridized carbons (Fsp3) is 0.241. The third-order valence-electron chi connectivity index (χ3n) is 7.79. The molecule has 13 heteroatoms. The molecule has 1 aromatic heterocycles. The monoisotopic (exact) mass is 588 g/mol. The molecule has 42 heavy (non-hydrogen) atoms. The zero-order valence-electron chi connectivity index (χ0n) is 22.4. The molecule has 1 aliphatic heterocycles. The Hall–Kier alpha value is -4.52. The first kappa shape index (κ1) is 29.0. The lowest BCUT2D eigenvalue weighted by molar-refractivity contribution is -0.133. The summed E-state index contributed by atoms with van der Waals surface area (Å²) < 4.78 is 34.3. The van der Waals surface area contributed by atoms with E-state index in [0.29, 0.717) is 16.7 Å². The maximum Gasteiger partial charge on any atom is 0.330 e. The number of aromatic nitrogens is 2. The summed E-state index contributed by atoms with van der Waals surface area (Å²) in [5.74, 6) is -3.96. The second-order valence-electron chi connectivity index (χ2n) is 10.1. The quantitative estimate of drug-likeness (QED) is 0.122. The van der Waals surface area contributed by atoms with Gasteiger partial charge in [0.15, 0.2) is 0 Å². The molecule has 0 spiro atoms. The number of aryl methyl sites for hydroxylation is 1. The lowest BCUT2D eigenvalue weighted by Crippen LogP contribution is -2.58. The molecule has 12 nitrogen and oxygen atoms in total. The van der Waals surface area contributed by atoms with E-state index in [1.807, 2.05) is 0 Å². The minimum absolute atomic E-state index is 0.0637. The summed E-state index contributed by atoms with van der Waals surface area (Å²) in [4.78, 5) is 31.1. The van der Waals surface area contributed by atoms with Gasteiger partial charge in [-0.15, -0.1) is 0 Å². The normalized spacial score (nSPS) is 22.4. The van der Waals surface area contributed by atoms with Gasteiger partial charge >= 0.3 is 5.69 Å². The van der Waals surface area contributed by atoms with Gasteiger partial charge in [-0.2, -0.15) is 0 Å². The smallest absolute Gasteiger partial charge is 0.330 e. The summed E-state index contributed by atoms with van der Waals surface area (Å²) in [6.45, 7) is 0.591. The van der Waals surface area contributed by atoms with E-state index < -0.39 is 56.4 Å². The molecule has 1 fully saturated rings. The van der Waals surface area contributed by atoms with Crippen LogP contribution in [0.15, 0.2) is 112 Å². The highest BCUT2D eigenvalue weighted by Gasteiger charge is 2.68. The number of nitrogens with two attached hydrogens (primary N) is 1. The second-order valence-corrected chi connectivity index (χ2v) is 11.8. The molecule has 1 unspecified atom stereocenters. The van der Waals surface area contributed by atoms with Crippen molar-refractivity contribution >= 4 is 10.0 Å². The maximum absolute atomic E-state index is 13.6. The van der Waals surface area contributed by atoms with Crippen molar-refractivity contribution < 1.29 is 18.3 Å². The van der Waals surface area contributed by atoms with Gasteiger partial charge in [-0.1, -0.05) is 91.0 Å². The van der Waals surface area contributed by atoms with Crippen LogP contribution >= 0.6 is 0 Å². The van der Waals surface area contributed by atoms with Gasteiger partial charge in [-0.05, 0) is 34.3 Å². The molecule has 2 heterocycles. The number of sulfonamides is 1.